The molecule has 1 saturated heterocycles. The highest BCUT2D eigenvalue weighted by atomic mass is 35.5. The maximum atomic E-state index is 13.1. The van der Waals surface area contributed by atoms with Crippen LogP contribution in [0.25, 0.3) is 10.4 Å². The summed E-state index contributed by atoms with van der Waals surface area (Å²) < 4.78 is 32.8. The standard InChI is InChI=1S/C17H23ClN4O5S/c1-16(2,3)27-15(23)13-10-12(18)4-5-14(13)28(25,26)22-8-6-17(24,7-9-22)11-20-21-19/h4-5,10,24H,6-9,11H2,1-3H3. The Kier molecular flexibility index (Phi) is 6.62. The number of carbonyl (C=O) groups excluding carboxylic acids is 1. The molecule has 154 valence electrons. The molecule has 28 heavy (non-hydrogen) atoms. The molecule has 1 aromatic carbocycles. The maximum Gasteiger partial charge on any atom is 0.340 e. The molecule has 0 amide bonds. The van der Waals surface area contributed by atoms with E-state index in [4.69, 9.17) is 21.9 Å². The lowest BCUT2D eigenvalue weighted by Crippen LogP contribution is -2.48. The highest BCUT2D eigenvalue weighted by molar-refractivity contribution is 7.89. The van der Waals surface area contributed by atoms with Crippen molar-refractivity contribution in [1.29, 1.82) is 0 Å². The monoisotopic (exact) mass is 430 g/mol. The van der Waals surface area contributed by atoms with E-state index in [1.165, 1.54) is 22.5 Å². The third kappa shape index (κ3) is 5.36. The summed E-state index contributed by atoms with van der Waals surface area (Å²) in [6.07, 6.45) is 0.223. The largest absolute Gasteiger partial charge is 0.456 e. The predicted molar refractivity (Wildman–Crippen MR) is 104 cm³/mol. The number of piperidine rings is 1. The molecule has 1 fully saturated rings. The number of carbonyl (C=O) groups is 1. The minimum atomic E-state index is -4.02. The Morgan fingerprint density at radius 3 is 2.54 bits per heavy atom. The van der Waals surface area contributed by atoms with Crippen molar-refractivity contribution in [2.45, 2.75) is 49.7 Å². The fourth-order valence-corrected chi connectivity index (χ4v) is 4.60. The molecule has 1 aliphatic heterocycles. The molecule has 1 aromatic rings. The maximum absolute atomic E-state index is 13.1. The Balaban J connectivity index is 2.32. The van der Waals surface area contributed by atoms with Gasteiger partial charge in [-0.3, -0.25) is 0 Å². The lowest BCUT2D eigenvalue weighted by atomic mass is 9.93. The number of esters is 1. The van der Waals surface area contributed by atoms with Crippen molar-refractivity contribution in [2.75, 3.05) is 19.6 Å². The van der Waals surface area contributed by atoms with Crippen molar-refractivity contribution >= 4 is 27.6 Å². The number of nitrogens with zero attached hydrogens (tertiary/aromatic N) is 4. The summed E-state index contributed by atoms with van der Waals surface area (Å²) in [5.74, 6) is -0.787. The molecule has 2 rings (SSSR count). The number of halogens is 1. The highest BCUT2D eigenvalue weighted by Gasteiger charge is 2.38. The lowest BCUT2D eigenvalue weighted by Gasteiger charge is -2.36. The molecule has 0 bridgehead atoms. The van der Waals surface area contributed by atoms with E-state index >= 15 is 0 Å². The van der Waals surface area contributed by atoms with Gasteiger partial charge in [0.25, 0.3) is 0 Å². The Hall–Kier alpha value is -1.84. The molecule has 0 spiro atoms. The van der Waals surface area contributed by atoms with Crippen molar-refractivity contribution in [3.05, 3.63) is 39.2 Å². The Morgan fingerprint density at radius 2 is 2.00 bits per heavy atom. The van der Waals surface area contributed by atoms with E-state index in [-0.39, 0.29) is 48.0 Å². The van der Waals surface area contributed by atoms with Crippen LogP contribution in [-0.4, -0.2) is 54.6 Å². The molecule has 11 heteroatoms. The summed E-state index contributed by atoms with van der Waals surface area (Å²) in [5.41, 5.74) is 6.23. The van der Waals surface area contributed by atoms with Crippen LogP contribution in [0.15, 0.2) is 28.2 Å². The number of aliphatic hydroxyl groups is 1. The van der Waals surface area contributed by atoms with Crippen molar-refractivity contribution in [3.8, 4) is 0 Å². The van der Waals surface area contributed by atoms with Crippen molar-refractivity contribution in [1.82, 2.24) is 4.31 Å². The van der Waals surface area contributed by atoms with E-state index in [1.807, 2.05) is 0 Å². The van der Waals surface area contributed by atoms with Gasteiger partial charge in [0.2, 0.25) is 10.0 Å². The summed E-state index contributed by atoms with van der Waals surface area (Å²) >= 11 is 5.96. The lowest BCUT2D eigenvalue weighted by molar-refractivity contribution is 0.00278. The zero-order valence-corrected chi connectivity index (χ0v) is 17.5. The smallest absolute Gasteiger partial charge is 0.340 e. The number of sulfonamides is 1. The molecule has 0 atom stereocenters. The first-order valence-corrected chi connectivity index (χ1v) is 10.5. The minimum Gasteiger partial charge on any atom is -0.456 e. The van der Waals surface area contributed by atoms with Crippen LogP contribution >= 0.6 is 11.6 Å². The fraction of sp³-hybridized carbons (Fsp3) is 0.588. The number of ether oxygens (including phenoxy) is 1. The van der Waals surface area contributed by atoms with Gasteiger partial charge < -0.3 is 9.84 Å². The number of azide groups is 1. The molecule has 0 saturated carbocycles. The first-order chi connectivity index (χ1) is 12.9. The SMILES string of the molecule is CC(C)(C)OC(=O)c1cc(Cl)ccc1S(=O)(=O)N1CCC(O)(CN=[N+]=[N-])CC1. The summed E-state index contributed by atoms with van der Waals surface area (Å²) in [4.78, 5) is 15.0. The number of rotatable bonds is 5. The molecule has 0 aromatic heterocycles. The summed E-state index contributed by atoms with van der Waals surface area (Å²) in [6, 6.07) is 3.94. The van der Waals surface area contributed by atoms with Gasteiger partial charge in [-0.1, -0.05) is 16.7 Å². The molecule has 0 unspecified atom stereocenters. The third-order valence-corrected chi connectivity index (χ3v) is 6.45. The van der Waals surface area contributed by atoms with E-state index in [0.29, 0.717) is 0 Å². The zero-order chi connectivity index (χ0) is 21.2. The van der Waals surface area contributed by atoms with Gasteiger partial charge in [-0.05, 0) is 57.3 Å². The predicted octanol–water partition coefficient (Wildman–Crippen LogP) is 3.12. The van der Waals surface area contributed by atoms with Gasteiger partial charge in [0.05, 0.1) is 22.6 Å². The topological polar surface area (TPSA) is 133 Å². The van der Waals surface area contributed by atoms with Crippen LogP contribution in [0, 0.1) is 0 Å². The van der Waals surface area contributed by atoms with Gasteiger partial charge in [-0.25, -0.2) is 13.2 Å². The normalized spacial score (nSPS) is 17.6. The first-order valence-electron chi connectivity index (χ1n) is 8.64. The second-order valence-electron chi connectivity index (χ2n) is 7.66. The molecular formula is C17H23ClN4O5S. The van der Waals surface area contributed by atoms with Gasteiger partial charge in [0.1, 0.15) is 5.60 Å². The highest BCUT2D eigenvalue weighted by Crippen LogP contribution is 2.30. The van der Waals surface area contributed by atoms with E-state index in [1.54, 1.807) is 20.8 Å². The number of benzene rings is 1. The van der Waals surface area contributed by atoms with Crippen LogP contribution in [0.2, 0.25) is 5.02 Å². The second-order valence-corrected chi connectivity index (χ2v) is 10.0. The summed E-state index contributed by atoms with van der Waals surface area (Å²) in [5, 5.41) is 14.0. The fourth-order valence-electron chi connectivity index (χ4n) is 2.82. The average molecular weight is 431 g/mol. The number of hydrogen-bond acceptors (Lipinski definition) is 6. The second kappa shape index (κ2) is 8.26. The van der Waals surface area contributed by atoms with Crippen molar-refractivity contribution < 1.29 is 23.1 Å². The quantitative estimate of drug-likeness (QED) is 0.331. The van der Waals surface area contributed by atoms with E-state index < -0.39 is 27.2 Å². The van der Waals surface area contributed by atoms with Crippen molar-refractivity contribution in [2.24, 2.45) is 5.11 Å². The van der Waals surface area contributed by atoms with E-state index in [2.05, 4.69) is 10.0 Å². The van der Waals surface area contributed by atoms with Crippen LogP contribution in [0.1, 0.15) is 44.0 Å². The van der Waals surface area contributed by atoms with Gasteiger partial charge in [0, 0.05) is 23.0 Å². The molecule has 1 N–H and O–H groups in total. The Morgan fingerprint density at radius 1 is 1.39 bits per heavy atom. The molecule has 0 radical (unpaired) electrons. The van der Waals surface area contributed by atoms with Crippen LogP contribution < -0.4 is 0 Å². The van der Waals surface area contributed by atoms with E-state index in [9.17, 15) is 18.3 Å². The summed E-state index contributed by atoms with van der Waals surface area (Å²) in [7, 11) is -4.02. The van der Waals surface area contributed by atoms with Crippen LogP contribution in [0.5, 0.6) is 0 Å². The van der Waals surface area contributed by atoms with Crippen LogP contribution in [-0.2, 0) is 14.8 Å². The Bertz CT molecular complexity index is 899. The van der Waals surface area contributed by atoms with Gasteiger partial charge in [0.15, 0.2) is 0 Å². The van der Waals surface area contributed by atoms with Crippen LogP contribution in [0.3, 0.4) is 0 Å². The van der Waals surface area contributed by atoms with Crippen LogP contribution in [0.4, 0.5) is 0 Å². The van der Waals surface area contributed by atoms with Gasteiger partial charge in [-0.2, -0.15) is 4.31 Å². The van der Waals surface area contributed by atoms with Gasteiger partial charge in [-0.15, -0.1) is 0 Å². The minimum absolute atomic E-state index is 0.0240. The molecule has 9 nitrogen and oxygen atoms in total. The molecule has 0 aliphatic carbocycles. The first kappa shape index (κ1) is 22.4. The molecule has 1 heterocycles. The number of hydrogen-bond donors (Lipinski definition) is 1. The Labute approximate surface area is 168 Å². The average Bonchev–Trinajstić information content (AvgIpc) is 2.58. The van der Waals surface area contributed by atoms with Gasteiger partial charge >= 0.3 is 5.97 Å². The van der Waals surface area contributed by atoms with E-state index in [0.717, 1.165) is 0 Å². The molecular weight excluding hydrogens is 408 g/mol. The third-order valence-electron chi connectivity index (χ3n) is 4.26. The zero-order valence-electron chi connectivity index (χ0n) is 15.9. The van der Waals surface area contributed by atoms with Crippen molar-refractivity contribution in [3.63, 3.8) is 0 Å². The summed E-state index contributed by atoms with van der Waals surface area (Å²) in [6.45, 7) is 4.96. The molecule has 1 aliphatic rings.